The normalized spacial score (nSPS) is 10.9. The summed E-state index contributed by atoms with van der Waals surface area (Å²) in [7, 11) is 0. The van der Waals surface area contributed by atoms with E-state index in [1.54, 1.807) is 0 Å². The quantitative estimate of drug-likeness (QED) is 0.471. The van der Waals surface area contributed by atoms with Gasteiger partial charge in [-0.2, -0.15) is 9.97 Å². The molecule has 8 heteroatoms. The number of hydrogen-bond acceptors (Lipinski definition) is 8. The maximum absolute atomic E-state index is 9.44. The van der Waals surface area contributed by atoms with Crippen LogP contribution < -0.4 is 11.5 Å². The number of rotatable bonds is 1. The summed E-state index contributed by atoms with van der Waals surface area (Å²) >= 11 is 0. The molecule has 6 N–H and O–H groups in total. The Bertz CT molecular complexity index is 783. The maximum atomic E-state index is 9.44. The molecule has 0 aliphatic carbocycles. The highest BCUT2D eigenvalue weighted by molar-refractivity contribution is 5.83. The molecular weight excluding hydrogens is 250 g/mol. The summed E-state index contributed by atoms with van der Waals surface area (Å²) in [5, 5.41) is 18.7. The summed E-state index contributed by atoms with van der Waals surface area (Å²) in [6, 6.07) is 4.17. The minimum Gasteiger partial charge on any atom is -0.504 e. The van der Waals surface area contributed by atoms with Crippen LogP contribution in [0.3, 0.4) is 0 Å². The molecule has 0 radical (unpaired) electrons. The van der Waals surface area contributed by atoms with E-state index in [9.17, 15) is 10.2 Å². The Hall–Kier alpha value is -3.03. The number of aromatic hydroxyl groups is 2. The number of fused-ring (bicyclic) bond motifs is 1. The third kappa shape index (κ3) is 1.75. The van der Waals surface area contributed by atoms with Crippen LogP contribution in [0.25, 0.3) is 22.7 Å². The number of anilines is 2. The molecule has 19 heavy (non-hydrogen) atoms. The van der Waals surface area contributed by atoms with Gasteiger partial charge in [0.2, 0.25) is 11.8 Å². The minimum atomic E-state index is -0.279. The number of aromatic nitrogens is 3. The highest BCUT2D eigenvalue weighted by atomic mass is 16.4. The second kappa shape index (κ2) is 3.73. The van der Waals surface area contributed by atoms with E-state index >= 15 is 0 Å². The van der Waals surface area contributed by atoms with Crippen LogP contribution in [0.5, 0.6) is 11.5 Å². The van der Waals surface area contributed by atoms with E-state index in [2.05, 4.69) is 15.0 Å². The van der Waals surface area contributed by atoms with Crippen molar-refractivity contribution < 1.29 is 14.6 Å². The van der Waals surface area contributed by atoms with Gasteiger partial charge in [0.15, 0.2) is 22.8 Å². The van der Waals surface area contributed by atoms with E-state index in [-0.39, 0.29) is 40.4 Å². The van der Waals surface area contributed by atoms with Gasteiger partial charge < -0.3 is 26.1 Å². The predicted molar refractivity (Wildman–Crippen MR) is 67.2 cm³/mol. The van der Waals surface area contributed by atoms with Crippen molar-refractivity contribution in [3.05, 3.63) is 18.2 Å². The number of benzene rings is 1. The molecule has 2 aromatic heterocycles. The van der Waals surface area contributed by atoms with E-state index in [1.165, 1.54) is 18.2 Å². The van der Waals surface area contributed by atoms with Crippen LogP contribution in [-0.4, -0.2) is 25.2 Å². The molecule has 0 aliphatic rings. The SMILES string of the molecule is Nc1nc(N)c2nc(-c3ccc(O)c(O)c3)oc2n1. The first-order chi connectivity index (χ1) is 9.04. The van der Waals surface area contributed by atoms with Crippen LogP contribution in [0.15, 0.2) is 22.6 Å². The molecule has 0 saturated carbocycles. The number of hydrogen-bond donors (Lipinski definition) is 4. The summed E-state index contributed by atoms with van der Waals surface area (Å²) < 4.78 is 5.40. The molecule has 8 nitrogen and oxygen atoms in total. The molecule has 0 saturated heterocycles. The summed E-state index contributed by atoms with van der Waals surface area (Å²) in [4.78, 5) is 11.8. The van der Waals surface area contributed by atoms with Crippen molar-refractivity contribution in [2.24, 2.45) is 0 Å². The van der Waals surface area contributed by atoms with Crippen molar-refractivity contribution in [1.29, 1.82) is 0 Å². The first-order valence-electron chi connectivity index (χ1n) is 5.26. The number of nitrogen functional groups attached to an aromatic ring is 2. The molecule has 96 valence electrons. The molecule has 0 bridgehead atoms. The van der Waals surface area contributed by atoms with E-state index in [0.29, 0.717) is 5.56 Å². The molecular formula is C11H9N5O3. The fraction of sp³-hybridized carbons (Fsp3) is 0. The van der Waals surface area contributed by atoms with Gasteiger partial charge in [-0.1, -0.05) is 0 Å². The zero-order valence-corrected chi connectivity index (χ0v) is 9.53. The van der Waals surface area contributed by atoms with E-state index in [1.807, 2.05) is 0 Å². The Kier molecular flexibility index (Phi) is 2.18. The molecule has 0 unspecified atom stereocenters. The summed E-state index contributed by atoms with van der Waals surface area (Å²) in [5.74, 6) is -0.222. The molecule has 0 aliphatic heterocycles. The monoisotopic (exact) mass is 259 g/mol. The van der Waals surface area contributed by atoms with Crippen molar-refractivity contribution in [1.82, 2.24) is 15.0 Å². The smallest absolute Gasteiger partial charge is 0.254 e. The lowest BCUT2D eigenvalue weighted by Gasteiger charge is -1.98. The van der Waals surface area contributed by atoms with Gasteiger partial charge in [0.05, 0.1) is 0 Å². The van der Waals surface area contributed by atoms with Crippen LogP contribution in [0.1, 0.15) is 0 Å². The molecule has 3 rings (SSSR count). The van der Waals surface area contributed by atoms with Crippen molar-refractivity contribution in [3.63, 3.8) is 0 Å². The number of nitrogens with zero attached hydrogens (tertiary/aromatic N) is 3. The molecule has 2 heterocycles. The van der Waals surface area contributed by atoms with Crippen molar-refractivity contribution in [3.8, 4) is 23.0 Å². The molecule has 3 aromatic rings. The second-order valence-electron chi connectivity index (χ2n) is 3.84. The lowest BCUT2D eigenvalue weighted by molar-refractivity contribution is 0.404. The summed E-state index contributed by atoms with van der Waals surface area (Å²) in [5.41, 5.74) is 12.0. The first-order valence-corrected chi connectivity index (χ1v) is 5.26. The zero-order chi connectivity index (χ0) is 13.6. The van der Waals surface area contributed by atoms with E-state index < -0.39 is 0 Å². The Morgan fingerprint density at radius 3 is 2.53 bits per heavy atom. The highest BCUT2D eigenvalue weighted by Crippen LogP contribution is 2.32. The van der Waals surface area contributed by atoms with Gasteiger partial charge in [0.1, 0.15) is 0 Å². The maximum Gasteiger partial charge on any atom is 0.254 e. The van der Waals surface area contributed by atoms with Crippen molar-refractivity contribution >= 4 is 23.0 Å². The van der Waals surface area contributed by atoms with Crippen molar-refractivity contribution in [2.75, 3.05) is 11.5 Å². The van der Waals surface area contributed by atoms with Crippen LogP contribution in [0.4, 0.5) is 11.8 Å². The Morgan fingerprint density at radius 2 is 1.79 bits per heavy atom. The van der Waals surface area contributed by atoms with Gasteiger partial charge in [-0.3, -0.25) is 0 Å². The van der Waals surface area contributed by atoms with Gasteiger partial charge in [0, 0.05) is 5.56 Å². The average molecular weight is 259 g/mol. The number of nitrogens with two attached hydrogens (primary N) is 2. The topological polar surface area (TPSA) is 144 Å². The highest BCUT2D eigenvalue weighted by Gasteiger charge is 2.14. The average Bonchev–Trinajstić information content (AvgIpc) is 2.76. The number of phenolic OH excluding ortho intramolecular Hbond substituents is 2. The predicted octanol–water partition coefficient (Wildman–Crippen LogP) is 0.860. The van der Waals surface area contributed by atoms with Crippen LogP contribution in [0.2, 0.25) is 0 Å². The summed E-state index contributed by atoms with van der Waals surface area (Å²) in [6.45, 7) is 0. The number of phenols is 2. The van der Waals surface area contributed by atoms with Gasteiger partial charge in [0.25, 0.3) is 5.71 Å². The third-order valence-electron chi connectivity index (χ3n) is 2.53. The zero-order valence-electron chi connectivity index (χ0n) is 9.53. The molecule has 0 atom stereocenters. The molecule has 1 aromatic carbocycles. The second-order valence-corrected chi connectivity index (χ2v) is 3.84. The van der Waals surface area contributed by atoms with Crippen LogP contribution in [-0.2, 0) is 0 Å². The standard InChI is InChI=1S/C11H9N5O3/c12-8-7-10(16-11(13)15-8)19-9(14-7)4-1-2-5(17)6(18)3-4/h1-3,17-18H,(H4,12,13,15,16). The van der Waals surface area contributed by atoms with Crippen molar-refractivity contribution in [2.45, 2.75) is 0 Å². The fourth-order valence-electron chi connectivity index (χ4n) is 1.64. The van der Waals surface area contributed by atoms with Gasteiger partial charge in [-0.15, -0.1) is 0 Å². The Labute approximate surface area is 106 Å². The van der Waals surface area contributed by atoms with E-state index in [4.69, 9.17) is 15.9 Å². The molecule has 0 spiro atoms. The Balaban J connectivity index is 2.20. The van der Waals surface area contributed by atoms with E-state index in [0.717, 1.165) is 0 Å². The minimum absolute atomic E-state index is 0.0127. The van der Waals surface area contributed by atoms with Crippen LogP contribution in [0, 0.1) is 0 Å². The van der Waals surface area contributed by atoms with Gasteiger partial charge >= 0.3 is 0 Å². The third-order valence-corrected chi connectivity index (χ3v) is 2.53. The van der Waals surface area contributed by atoms with Crippen LogP contribution >= 0.6 is 0 Å². The largest absolute Gasteiger partial charge is 0.504 e. The van der Waals surface area contributed by atoms with Gasteiger partial charge in [-0.05, 0) is 18.2 Å². The molecule has 0 fully saturated rings. The first kappa shape index (κ1) is 11.1. The lowest BCUT2D eigenvalue weighted by Crippen LogP contribution is -1.99. The number of oxazole rings is 1. The lowest BCUT2D eigenvalue weighted by atomic mass is 10.2. The molecule has 0 amide bonds. The fourth-order valence-corrected chi connectivity index (χ4v) is 1.64. The Morgan fingerprint density at radius 1 is 1.00 bits per heavy atom. The van der Waals surface area contributed by atoms with Gasteiger partial charge in [-0.25, -0.2) is 4.98 Å². The summed E-state index contributed by atoms with van der Waals surface area (Å²) in [6.07, 6.45) is 0.